The Kier molecular flexibility index (Phi) is 7.52. The van der Waals surface area contributed by atoms with Gasteiger partial charge in [0.05, 0.1) is 0 Å². The highest BCUT2D eigenvalue weighted by molar-refractivity contribution is 5.99. The van der Waals surface area contributed by atoms with Gasteiger partial charge in [0.25, 0.3) is 0 Å². The molecule has 0 spiro atoms. The van der Waals surface area contributed by atoms with Crippen molar-refractivity contribution in [1.82, 2.24) is 4.90 Å². The Morgan fingerprint density at radius 1 is 0.919 bits per heavy atom. The fraction of sp³-hybridized carbons (Fsp3) is 0.250. The zero-order chi connectivity index (χ0) is 26.7. The molecular formula is C28H27F2N3O4. The number of benzene rings is 3. The van der Waals surface area contributed by atoms with E-state index in [-0.39, 0.29) is 17.5 Å². The minimum absolute atomic E-state index is 0.0725. The Bertz CT molecular complexity index is 1320. The van der Waals surface area contributed by atoms with Crippen molar-refractivity contribution in [2.45, 2.75) is 38.6 Å². The zero-order valence-electron chi connectivity index (χ0n) is 20.4. The van der Waals surface area contributed by atoms with E-state index in [0.717, 1.165) is 17.7 Å². The second-order valence-electron chi connectivity index (χ2n) is 9.21. The predicted octanol–water partition coefficient (Wildman–Crippen LogP) is 6.09. The zero-order valence-corrected chi connectivity index (χ0v) is 20.4. The molecule has 1 atom stereocenters. The Balaban J connectivity index is 1.42. The number of amides is 3. The number of likely N-dealkylation sites (tertiary alicyclic amines) is 1. The lowest BCUT2D eigenvalue weighted by molar-refractivity contribution is -0.119. The molecule has 37 heavy (non-hydrogen) atoms. The number of carboxylic acid groups (broad SMARTS) is 1. The standard InChI is InChI=1S/C28H27F2N3O4/c1-16(2)17-5-9-20(10-6-17)32-28(37)33-15-3-4-23(33)26(34)31-19-11-7-18(8-12-19)21-13-14-22(29)24(25(21)30)27(35)36/h5-14,16,23H,3-4,15H2,1-2H3,(H,31,34)(H,32,37)(H,35,36)/t23-/m1/s1. The first-order chi connectivity index (χ1) is 17.7. The Hall–Kier alpha value is -4.27. The number of carboxylic acids is 1. The number of anilines is 2. The maximum Gasteiger partial charge on any atom is 0.341 e. The van der Waals surface area contributed by atoms with Crippen LogP contribution >= 0.6 is 0 Å². The first-order valence-electron chi connectivity index (χ1n) is 12.0. The lowest BCUT2D eigenvalue weighted by Gasteiger charge is -2.24. The van der Waals surface area contributed by atoms with E-state index in [0.29, 0.717) is 42.2 Å². The third kappa shape index (κ3) is 5.61. The number of carbonyl (C=O) groups excluding carboxylic acids is 2. The van der Waals surface area contributed by atoms with E-state index >= 15 is 0 Å². The van der Waals surface area contributed by atoms with Gasteiger partial charge < -0.3 is 20.6 Å². The predicted molar refractivity (Wildman–Crippen MR) is 137 cm³/mol. The lowest BCUT2D eigenvalue weighted by Crippen LogP contribution is -2.45. The molecule has 4 rings (SSSR count). The molecule has 3 amide bonds. The molecule has 9 heteroatoms. The fourth-order valence-corrected chi connectivity index (χ4v) is 4.36. The number of nitrogens with one attached hydrogen (secondary N) is 2. The summed E-state index contributed by atoms with van der Waals surface area (Å²) in [5.74, 6) is -4.00. The van der Waals surface area contributed by atoms with Crippen LogP contribution in [0.25, 0.3) is 11.1 Å². The van der Waals surface area contributed by atoms with Gasteiger partial charge >= 0.3 is 12.0 Å². The highest BCUT2D eigenvalue weighted by atomic mass is 19.1. The van der Waals surface area contributed by atoms with Crippen LogP contribution in [0.5, 0.6) is 0 Å². The summed E-state index contributed by atoms with van der Waals surface area (Å²) in [6.07, 6.45) is 1.20. The van der Waals surface area contributed by atoms with E-state index in [4.69, 9.17) is 5.11 Å². The van der Waals surface area contributed by atoms with Crippen molar-refractivity contribution in [3.8, 4) is 11.1 Å². The van der Waals surface area contributed by atoms with E-state index in [2.05, 4.69) is 24.5 Å². The van der Waals surface area contributed by atoms with Gasteiger partial charge in [-0.15, -0.1) is 0 Å². The van der Waals surface area contributed by atoms with Gasteiger partial charge in [-0.3, -0.25) is 4.79 Å². The van der Waals surface area contributed by atoms with Crippen LogP contribution in [0.3, 0.4) is 0 Å². The molecule has 7 nitrogen and oxygen atoms in total. The molecule has 0 bridgehead atoms. The number of halogens is 2. The third-order valence-electron chi connectivity index (χ3n) is 6.41. The molecule has 1 aliphatic heterocycles. The van der Waals surface area contributed by atoms with Crippen LogP contribution in [-0.4, -0.2) is 40.5 Å². The van der Waals surface area contributed by atoms with E-state index in [9.17, 15) is 23.2 Å². The number of nitrogens with zero attached hydrogens (tertiary/aromatic N) is 1. The van der Waals surface area contributed by atoms with Crippen molar-refractivity contribution in [1.29, 1.82) is 0 Å². The van der Waals surface area contributed by atoms with Crippen molar-refractivity contribution >= 4 is 29.3 Å². The van der Waals surface area contributed by atoms with Crippen LogP contribution in [0.1, 0.15) is 48.5 Å². The molecule has 192 valence electrons. The van der Waals surface area contributed by atoms with Crippen LogP contribution in [-0.2, 0) is 4.79 Å². The summed E-state index contributed by atoms with van der Waals surface area (Å²) in [5.41, 5.74) is 1.46. The number of urea groups is 1. The van der Waals surface area contributed by atoms with Crippen LogP contribution in [0.15, 0.2) is 60.7 Å². The number of hydrogen-bond acceptors (Lipinski definition) is 3. The normalized spacial score (nSPS) is 15.1. The molecular weight excluding hydrogens is 480 g/mol. The minimum Gasteiger partial charge on any atom is -0.477 e. The quantitative estimate of drug-likeness (QED) is 0.376. The van der Waals surface area contributed by atoms with Crippen LogP contribution in [0, 0.1) is 11.6 Å². The van der Waals surface area contributed by atoms with Gasteiger partial charge in [0.1, 0.15) is 23.2 Å². The first kappa shape index (κ1) is 25.8. The fourth-order valence-electron chi connectivity index (χ4n) is 4.36. The van der Waals surface area contributed by atoms with E-state index in [1.54, 1.807) is 0 Å². The highest BCUT2D eigenvalue weighted by Crippen LogP contribution is 2.28. The molecule has 1 aliphatic rings. The van der Waals surface area contributed by atoms with Crippen molar-refractivity contribution in [3.05, 3.63) is 83.4 Å². The topological polar surface area (TPSA) is 98.7 Å². The SMILES string of the molecule is CC(C)c1ccc(NC(=O)N2CCC[C@@H]2C(=O)Nc2ccc(-c3ccc(F)c(C(=O)O)c3F)cc2)cc1. The summed E-state index contributed by atoms with van der Waals surface area (Å²) in [4.78, 5) is 38.5. The van der Waals surface area contributed by atoms with Crippen LogP contribution < -0.4 is 10.6 Å². The molecule has 0 saturated carbocycles. The smallest absolute Gasteiger partial charge is 0.341 e. The van der Waals surface area contributed by atoms with Gasteiger partial charge in [-0.2, -0.15) is 0 Å². The number of aromatic carboxylic acids is 1. The van der Waals surface area contributed by atoms with Crippen molar-refractivity contribution in [2.75, 3.05) is 17.2 Å². The summed E-state index contributed by atoms with van der Waals surface area (Å²) in [6.45, 7) is 4.62. The molecule has 0 radical (unpaired) electrons. The second kappa shape index (κ2) is 10.8. The Morgan fingerprint density at radius 3 is 2.16 bits per heavy atom. The van der Waals surface area contributed by atoms with Crippen molar-refractivity contribution in [2.24, 2.45) is 0 Å². The lowest BCUT2D eigenvalue weighted by atomic mass is 10.0. The summed E-state index contributed by atoms with van der Waals surface area (Å²) < 4.78 is 28.3. The maximum absolute atomic E-state index is 14.6. The van der Waals surface area contributed by atoms with Crippen molar-refractivity contribution in [3.63, 3.8) is 0 Å². The van der Waals surface area contributed by atoms with Gasteiger partial charge in [-0.25, -0.2) is 18.4 Å². The second-order valence-corrected chi connectivity index (χ2v) is 9.21. The van der Waals surface area contributed by atoms with Gasteiger partial charge in [-0.1, -0.05) is 38.1 Å². The largest absolute Gasteiger partial charge is 0.477 e. The first-order valence-corrected chi connectivity index (χ1v) is 12.0. The van der Waals surface area contributed by atoms with Crippen molar-refractivity contribution < 1.29 is 28.3 Å². The molecule has 0 unspecified atom stereocenters. The molecule has 3 aromatic rings. The average Bonchev–Trinajstić information content (AvgIpc) is 3.35. The van der Waals surface area contributed by atoms with Crippen LogP contribution in [0.4, 0.5) is 25.0 Å². The molecule has 1 saturated heterocycles. The molecule has 3 N–H and O–H groups in total. The Morgan fingerprint density at radius 2 is 1.54 bits per heavy atom. The van der Waals surface area contributed by atoms with E-state index < -0.39 is 29.2 Å². The molecule has 0 aliphatic carbocycles. The highest BCUT2D eigenvalue weighted by Gasteiger charge is 2.34. The summed E-state index contributed by atoms with van der Waals surface area (Å²) in [7, 11) is 0. The molecule has 1 fully saturated rings. The minimum atomic E-state index is -1.70. The van der Waals surface area contributed by atoms with Gasteiger partial charge in [0, 0.05) is 23.5 Å². The Labute approximate surface area is 213 Å². The number of rotatable bonds is 6. The van der Waals surface area contributed by atoms with Gasteiger partial charge in [-0.05, 0) is 66.3 Å². The summed E-state index contributed by atoms with van der Waals surface area (Å²) in [6, 6.07) is 14.7. The van der Waals surface area contributed by atoms with E-state index in [1.807, 2.05) is 24.3 Å². The van der Waals surface area contributed by atoms with Crippen LogP contribution in [0.2, 0.25) is 0 Å². The monoisotopic (exact) mass is 507 g/mol. The van der Waals surface area contributed by atoms with E-state index in [1.165, 1.54) is 29.2 Å². The third-order valence-corrected chi connectivity index (χ3v) is 6.41. The van der Waals surface area contributed by atoms with Gasteiger partial charge in [0.2, 0.25) is 5.91 Å². The number of hydrogen-bond donors (Lipinski definition) is 3. The van der Waals surface area contributed by atoms with Gasteiger partial charge in [0.15, 0.2) is 0 Å². The summed E-state index contributed by atoms with van der Waals surface area (Å²) in [5, 5.41) is 14.7. The maximum atomic E-state index is 14.6. The molecule has 3 aromatic carbocycles. The average molecular weight is 508 g/mol. The molecule has 0 aromatic heterocycles. The number of carbonyl (C=O) groups is 3. The summed E-state index contributed by atoms with van der Waals surface area (Å²) >= 11 is 0. The molecule has 1 heterocycles.